The Morgan fingerprint density at radius 1 is 1.00 bits per heavy atom. The van der Waals surface area contributed by atoms with Gasteiger partial charge in [0.15, 0.2) is 0 Å². The second-order valence-electron chi connectivity index (χ2n) is 6.13. The first kappa shape index (κ1) is 14.2. The molecule has 1 heterocycles. The molecule has 1 unspecified atom stereocenters. The van der Waals surface area contributed by atoms with E-state index < -0.39 is 0 Å². The maximum Gasteiger partial charge on any atom is 0.315 e. The zero-order valence-electron chi connectivity index (χ0n) is 12.4. The number of fused-ring (bicyclic) bond motifs is 1. The average Bonchev–Trinajstić information content (AvgIpc) is 2.75. The first-order valence-electron chi connectivity index (χ1n) is 8.09. The van der Waals surface area contributed by atoms with Gasteiger partial charge >= 0.3 is 6.03 Å². The van der Waals surface area contributed by atoms with E-state index in [4.69, 9.17) is 4.74 Å². The van der Waals surface area contributed by atoms with Crippen molar-refractivity contribution in [1.29, 1.82) is 0 Å². The first-order chi connectivity index (χ1) is 10.3. The summed E-state index contributed by atoms with van der Waals surface area (Å²) in [5.74, 6) is 0.944. The Morgan fingerprint density at radius 2 is 1.71 bits per heavy atom. The molecule has 114 valence electrons. The van der Waals surface area contributed by atoms with Crippen molar-refractivity contribution in [2.75, 3.05) is 6.61 Å². The molecule has 1 saturated carbocycles. The summed E-state index contributed by atoms with van der Waals surface area (Å²) >= 11 is 0. The van der Waals surface area contributed by atoms with Gasteiger partial charge < -0.3 is 15.4 Å². The van der Waals surface area contributed by atoms with Gasteiger partial charge in [-0.15, -0.1) is 0 Å². The van der Waals surface area contributed by atoms with Gasteiger partial charge in [0.05, 0.1) is 6.04 Å². The van der Waals surface area contributed by atoms with E-state index in [-0.39, 0.29) is 12.1 Å². The second kappa shape index (κ2) is 6.83. The molecule has 1 aliphatic heterocycles. The van der Waals surface area contributed by atoms with Gasteiger partial charge in [0.1, 0.15) is 12.4 Å². The fourth-order valence-corrected chi connectivity index (χ4v) is 3.26. The summed E-state index contributed by atoms with van der Waals surface area (Å²) in [6, 6.07) is 8.38. The molecule has 0 radical (unpaired) electrons. The smallest absolute Gasteiger partial charge is 0.315 e. The molecule has 21 heavy (non-hydrogen) atoms. The van der Waals surface area contributed by atoms with E-state index in [0.29, 0.717) is 12.6 Å². The molecular formula is C17H24N2O2. The van der Waals surface area contributed by atoms with Crippen LogP contribution in [-0.2, 0) is 6.42 Å². The lowest BCUT2D eigenvalue weighted by Gasteiger charge is -2.27. The molecule has 0 spiro atoms. The minimum absolute atomic E-state index is 0.0464. The molecular weight excluding hydrogens is 264 g/mol. The number of hydrogen-bond donors (Lipinski definition) is 2. The number of rotatable bonds is 2. The summed E-state index contributed by atoms with van der Waals surface area (Å²) in [5.41, 5.74) is 1.17. The largest absolute Gasteiger partial charge is 0.491 e. The van der Waals surface area contributed by atoms with Crippen molar-refractivity contribution in [2.24, 2.45) is 0 Å². The molecule has 4 nitrogen and oxygen atoms in total. The third-order valence-corrected chi connectivity index (χ3v) is 4.40. The highest BCUT2D eigenvalue weighted by molar-refractivity contribution is 5.74. The molecule has 3 rings (SSSR count). The number of urea groups is 1. The fourth-order valence-electron chi connectivity index (χ4n) is 3.26. The van der Waals surface area contributed by atoms with Crippen LogP contribution < -0.4 is 15.4 Å². The fraction of sp³-hybridized carbons (Fsp3) is 0.588. The molecule has 0 aromatic heterocycles. The van der Waals surface area contributed by atoms with Crippen LogP contribution in [0, 0.1) is 0 Å². The van der Waals surface area contributed by atoms with E-state index in [2.05, 4.69) is 16.7 Å². The van der Waals surface area contributed by atoms with Gasteiger partial charge in [0, 0.05) is 6.04 Å². The van der Waals surface area contributed by atoms with Crippen LogP contribution in [0.2, 0.25) is 0 Å². The van der Waals surface area contributed by atoms with Crippen LogP contribution in [0.1, 0.15) is 44.1 Å². The predicted octanol–water partition coefficient (Wildman–Crippen LogP) is 3.01. The Morgan fingerprint density at radius 3 is 2.52 bits per heavy atom. The summed E-state index contributed by atoms with van der Waals surface area (Å²) in [7, 11) is 0. The minimum Gasteiger partial charge on any atom is -0.491 e. The van der Waals surface area contributed by atoms with Crippen LogP contribution in [0.25, 0.3) is 0 Å². The van der Waals surface area contributed by atoms with E-state index in [9.17, 15) is 4.79 Å². The highest BCUT2D eigenvalue weighted by Gasteiger charge is 2.22. The maximum absolute atomic E-state index is 12.1. The Bertz CT molecular complexity index is 481. The Labute approximate surface area is 126 Å². The molecule has 1 fully saturated rings. The standard InChI is InChI=1S/C17H24N2O2/c20-17(18-14-8-3-1-2-4-9-14)19-15-11-13-7-5-6-10-16(13)21-12-15/h5-7,10,14-15H,1-4,8-9,11-12H2,(H2,18,19,20). The van der Waals surface area contributed by atoms with Crippen molar-refractivity contribution in [3.8, 4) is 5.75 Å². The number of benzene rings is 1. The van der Waals surface area contributed by atoms with Crippen molar-refractivity contribution < 1.29 is 9.53 Å². The number of carbonyl (C=O) groups excluding carboxylic acids is 1. The molecule has 0 saturated heterocycles. The van der Waals surface area contributed by atoms with Crippen LogP contribution in [0.3, 0.4) is 0 Å². The molecule has 1 aromatic rings. The van der Waals surface area contributed by atoms with Crippen molar-refractivity contribution in [3.63, 3.8) is 0 Å². The summed E-state index contributed by atoms with van der Waals surface area (Å²) in [6.07, 6.45) is 8.11. The van der Waals surface area contributed by atoms with Crippen LogP contribution in [0.15, 0.2) is 24.3 Å². The van der Waals surface area contributed by atoms with Gasteiger partial charge in [-0.05, 0) is 30.9 Å². The highest BCUT2D eigenvalue weighted by Crippen LogP contribution is 2.24. The number of carbonyl (C=O) groups is 1. The summed E-state index contributed by atoms with van der Waals surface area (Å²) in [6.45, 7) is 0.551. The van der Waals surface area contributed by atoms with Gasteiger partial charge in [-0.25, -0.2) is 4.79 Å². The van der Waals surface area contributed by atoms with E-state index in [1.807, 2.05) is 18.2 Å². The average molecular weight is 288 g/mol. The molecule has 2 amide bonds. The summed E-state index contributed by atoms with van der Waals surface area (Å²) in [4.78, 5) is 12.1. The van der Waals surface area contributed by atoms with Gasteiger partial charge in [-0.1, -0.05) is 43.9 Å². The Hall–Kier alpha value is -1.71. The van der Waals surface area contributed by atoms with Gasteiger partial charge in [-0.3, -0.25) is 0 Å². The predicted molar refractivity (Wildman–Crippen MR) is 82.6 cm³/mol. The quantitative estimate of drug-likeness (QED) is 0.822. The minimum atomic E-state index is -0.0464. The topological polar surface area (TPSA) is 50.4 Å². The van der Waals surface area contributed by atoms with Crippen LogP contribution in [-0.4, -0.2) is 24.7 Å². The lowest BCUT2D eigenvalue weighted by atomic mass is 10.0. The third kappa shape index (κ3) is 3.90. The van der Waals surface area contributed by atoms with Crippen LogP contribution >= 0.6 is 0 Å². The number of para-hydroxylation sites is 1. The molecule has 4 heteroatoms. The molecule has 1 atom stereocenters. The molecule has 1 aromatic carbocycles. The van der Waals surface area contributed by atoms with E-state index in [0.717, 1.165) is 25.0 Å². The summed E-state index contributed by atoms with van der Waals surface area (Å²) < 4.78 is 5.70. The van der Waals surface area contributed by atoms with Crippen molar-refractivity contribution in [3.05, 3.63) is 29.8 Å². The molecule has 1 aliphatic carbocycles. The third-order valence-electron chi connectivity index (χ3n) is 4.40. The monoisotopic (exact) mass is 288 g/mol. The lowest BCUT2D eigenvalue weighted by Crippen LogP contribution is -2.49. The maximum atomic E-state index is 12.1. The second-order valence-corrected chi connectivity index (χ2v) is 6.13. The highest BCUT2D eigenvalue weighted by atomic mass is 16.5. The van der Waals surface area contributed by atoms with Gasteiger partial charge in [0.25, 0.3) is 0 Å². The van der Waals surface area contributed by atoms with Gasteiger partial charge in [-0.2, -0.15) is 0 Å². The Kier molecular flexibility index (Phi) is 4.63. The lowest BCUT2D eigenvalue weighted by molar-refractivity contribution is 0.211. The SMILES string of the molecule is O=C(NC1CCCCCC1)NC1COc2ccccc2C1. The normalized spacial score (nSPS) is 22.6. The van der Waals surface area contributed by atoms with Crippen LogP contribution in [0.4, 0.5) is 4.79 Å². The molecule has 0 bridgehead atoms. The van der Waals surface area contributed by atoms with E-state index in [1.165, 1.54) is 31.2 Å². The number of amides is 2. The number of nitrogens with one attached hydrogen (secondary N) is 2. The van der Waals surface area contributed by atoms with Crippen molar-refractivity contribution in [1.82, 2.24) is 10.6 Å². The number of hydrogen-bond acceptors (Lipinski definition) is 2. The van der Waals surface area contributed by atoms with E-state index >= 15 is 0 Å². The van der Waals surface area contributed by atoms with Crippen molar-refractivity contribution >= 4 is 6.03 Å². The number of ether oxygens (including phenoxy) is 1. The van der Waals surface area contributed by atoms with Crippen LogP contribution in [0.5, 0.6) is 5.75 Å². The zero-order chi connectivity index (χ0) is 14.5. The summed E-state index contributed by atoms with van der Waals surface area (Å²) in [5, 5.41) is 6.18. The molecule has 2 N–H and O–H groups in total. The first-order valence-corrected chi connectivity index (χ1v) is 8.09. The Balaban J connectivity index is 1.49. The zero-order valence-corrected chi connectivity index (χ0v) is 12.4. The van der Waals surface area contributed by atoms with E-state index in [1.54, 1.807) is 0 Å². The van der Waals surface area contributed by atoms with Gasteiger partial charge in [0.2, 0.25) is 0 Å². The van der Waals surface area contributed by atoms with Crippen molar-refractivity contribution in [2.45, 2.75) is 57.0 Å². The molecule has 2 aliphatic rings.